The molecule has 0 aromatic heterocycles. The summed E-state index contributed by atoms with van der Waals surface area (Å²) in [5, 5.41) is 13.1. The summed E-state index contributed by atoms with van der Waals surface area (Å²) >= 11 is 0. The zero-order valence-electron chi connectivity index (χ0n) is 13.5. The summed E-state index contributed by atoms with van der Waals surface area (Å²) in [5.41, 5.74) is 0. The highest BCUT2D eigenvalue weighted by Gasteiger charge is 2.17. The number of nitrogens with one attached hydrogen (secondary N) is 1. The second-order valence-electron chi connectivity index (χ2n) is 6.34. The van der Waals surface area contributed by atoms with Crippen LogP contribution in [0.2, 0.25) is 0 Å². The number of aliphatic hydroxyl groups is 1. The molecule has 1 saturated heterocycles. The molecule has 0 spiro atoms. The Morgan fingerprint density at radius 1 is 1.40 bits per heavy atom. The Labute approximate surface area is 123 Å². The van der Waals surface area contributed by atoms with Crippen molar-refractivity contribution < 1.29 is 14.6 Å². The first-order chi connectivity index (χ1) is 9.47. The molecular formula is C15H32N2O3. The van der Waals surface area contributed by atoms with Crippen molar-refractivity contribution in [3.8, 4) is 0 Å². The van der Waals surface area contributed by atoms with Gasteiger partial charge in [-0.1, -0.05) is 13.8 Å². The lowest BCUT2D eigenvalue weighted by Gasteiger charge is -2.30. The Morgan fingerprint density at radius 3 is 2.80 bits per heavy atom. The number of hydrogen-bond acceptors (Lipinski definition) is 5. The lowest BCUT2D eigenvalue weighted by atomic mass is 10.1. The number of ether oxygens (including phenoxy) is 2. The molecule has 20 heavy (non-hydrogen) atoms. The summed E-state index contributed by atoms with van der Waals surface area (Å²) in [6, 6.07) is 0. The van der Waals surface area contributed by atoms with E-state index in [0.29, 0.717) is 19.1 Å². The zero-order valence-corrected chi connectivity index (χ0v) is 13.5. The molecular weight excluding hydrogens is 256 g/mol. The number of hydrogen-bond donors (Lipinski definition) is 2. The molecule has 2 N–H and O–H groups in total. The van der Waals surface area contributed by atoms with Gasteiger partial charge in [-0.15, -0.1) is 0 Å². The van der Waals surface area contributed by atoms with E-state index in [4.69, 9.17) is 9.47 Å². The van der Waals surface area contributed by atoms with Crippen molar-refractivity contribution in [2.75, 3.05) is 46.4 Å². The molecule has 1 aliphatic rings. The lowest BCUT2D eigenvalue weighted by molar-refractivity contribution is -0.0254. The van der Waals surface area contributed by atoms with Crippen LogP contribution in [0, 0.1) is 5.92 Å². The highest BCUT2D eigenvalue weighted by atomic mass is 16.5. The Morgan fingerprint density at radius 2 is 2.15 bits per heavy atom. The quantitative estimate of drug-likeness (QED) is 0.655. The van der Waals surface area contributed by atoms with Crippen LogP contribution in [0.1, 0.15) is 27.2 Å². The van der Waals surface area contributed by atoms with Gasteiger partial charge in [0, 0.05) is 26.2 Å². The molecule has 0 aromatic carbocycles. The second kappa shape index (κ2) is 9.68. The topological polar surface area (TPSA) is 54.0 Å². The average Bonchev–Trinajstić information content (AvgIpc) is 2.36. The van der Waals surface area contributed by atoms with Crippen LogP contribution < -0.4 is 5.32 Å². The van der Waals surface area contributed by atoms with Gasteiger partial charge < -0.3 is 24.8 Å². The molecule has 0 saturated carbocycles. The highest BCUT2D eigenvalue weighted by Crippen LogP contribution is 2.07. The zero-order chi connectivity index (χ0) is 15.0. The molecule has 0 radical (unpaired) electrons. The Bertz CT molecular complexity index is 251. The molecule has 1 fully saturated rings. The number of likely N-dealkylation sites (N-methyl/N-ethyl adjacent to an activating group) is 1. The van der Waals surface area contributed by atoms with E-state index in [1.54, 1.807) is 0 Å². The number of rotatable bonds is 9. The molecule has 1 heterocycles. The van der Waals surface area contributed by atoms with Gasteiger partial charge in [0.2, 0.25) is 0 Å². The molecule has 5 heteroatoms. The minimum Gasteiger partial charge on any atom is -0.389 e. The van der Waals surface area contributed by atoms with E-state index in [9.17, 15) is 5.11 Å². The average molecular weight is 288 g/mol. The number of aliphatic hydroxyl groups excluding tert-OH is 1. The number of nitrogens with zero attached hydrogens (tertiary/aromatic N) is 1. The SMILES string of the molecule is CC(C)CC(C)OCC(O)CNCC1CN(C)CCO1. The van der Waals surface area contributed by atoms with Gasteiger partial charge in [-0.3, -0.25) is 0 Å². The first-order valence-corrected chi connectivity index (χ1v) is 7.78. The molecule has 0 aliphatic carbocycles. The molecule has 3 atom stereocenters. The summed E-state index contributed by atoms with van der Waals surface area (Å²) in [6.45, 7) is 10.9. The molecule has 0 amide bonds. The van der Waals surface area contributed by atoms with Crippen molar-refractivity contribution in [2.24, 2.45) is 5.92 Å². The van der Waals surface area contributed by atoms with Crippen LogP contribution in [0.5, 0.6) is 0 Å². The molecule has 3 unspecified atom stereocenters. The van der Waals surface area contributed by atoms with Crippen LogP contribution in [-0.4, -0.2) is 74.8 Å². The van der Waals surface area contributed by atoms with E-state index < -0.39 is 6.10 Å². The van der Waals surface area contributed by atoms with Gasteiger partial charge in [-0.05, 0) is 26.3 Å². The van der Waals surface area contributed by atoms with Crippen molar-refractivity contribution in [1.29, 1.82) is 0 Å². The summed E-state index contributed by atoms with van der Waals surface area (Å²) in [6.07, 6.45) is 1.01. The van der Waals surface area contributed by atoms with Crippen molar-refractivity contribution in [3.05, 3.63) is 0 Å². The third-order valence-electron chi connectivity index (χ3n) is 3.47. The predicted molar refractivity (Wildman–Crippen MR) is 81.0 cm³/mol. The summed E-state index contributed by atoms with van der Waals surface area (Å²) < 4.78 is 11.3. The van der Waals surface area contributed by atoms with Gasteiger partial charge in [-0.25, -0.2) is 0 Å². The highest BCUT2D eigenvalue weighted by molar-refractivity contribution is 4.72. The van der Waals surface area contributed by atoms with Gasteiger partial charge in [0.15, 0.2) is 0 Å². The minimum absolute atomic E-state index is 0.208. The van der Waals surface area contributed by atoms with Gasteiger partial charge >= 0.3 is 0 Å². The Kier molecular flexibility index (Phi) is 8.64. The van der Waals surface area contributed by atoms with Crippen molar-refractivity contribution in [1.82, 2.24) is 10.2 Å². The fourth-order valence-corrected chi connectivity index (χ4v) is 2.47. The van der Waals surface area contributed by atoms with E-state index in [1.165, 1.54) is 0 Å². The monoisotopic (exact) mass is 288 g/mol. The predicted octanol–water partition coefficient (Wildman–Crippen LogP) is 0.719. The fourth-order valence-electron chi connectivity index (χ4n) is 2.47. The van der Waals surface area contributed by atoms with Crippen LogP contribution in [0.4, 0.5) is 0 Å². The van der Waals surface area contributed by atoms with Crippen LogP contribution in [0.25, 0.3) is 0 Å². The third-order valence-corrected chi connectivity index (χ3v) is 3.47. The van der Waals surface area contributed by atoms with Crippen molar-refractivity contribution >= 4 is 0 Å². The van der Waals surface area contributed by atoms with Crippen molar-refractivity contribution in [2.45, 2.75) is 45.5 Å². The van der Waals surface area contributed by atoms with Crippen LogP contribution in [0.3, 0.4) is 0 Å². The Balaban J connectivity index is 2.03. The smallest absolute Gasteiger partial charge is 0.0897 e. The second-order valence-corrected chi connectivity index (χ2v) is 6.34. The molecule has 0 aromatic rings. The van der Waals surface area contributed by atoms with E-state index in [2.05, 4.69) is 38.0 Å². The first-order valence-electron chi connectivity index (χ1n) is 7.78. The van der Waals surface area contributed by atoms with Gasteiger partial charge in [0.05, 0.1) is 31.5 Å². The summed E-state index contributed by atoms with van der Waals surface area (Å²) in [4.78, 5) is 2.27. The van der Waals surface area contributed by atoms with Crippen LogP contribution in [0.15, 0.2) is 0 Å². The molecule has 5 nitrogen and oxygen atoms in total. The van der Waals surface area contributed by atoms with E-state index in [1.807, 2.05) is 0 Å². The van der Waals surface area contributed by atoms with Crippen LogP contribution in [-0.2, 0) is 9.47 Å². The normalized spacial score (nSPS) is 24.0. The maximum atomic E-state index is 9.87. The summed E-state index contributed by atoms with van der Waals surface area (Å²) in [7, 11) is 2.11. The standard InChI is InChI=1S/C15H32N2O3/c1-12(2)7-13(3)20-11-14(18)8-16-9-15-10-17(4)5-6-19-15/h12-16,18H,5-11H2,1-4H3. The molecule has 1 rings (SSSR count). The minimum atomic E-state index is -0.453. The van der Waals surface area contributed by atoms with Gasteiger partial charge in [0.25, 0.3) is 0 Å². The van der Waals surface area contributed by atoms with E-state index >= 15 is 0 Å². The largest absolute Gasteiger partial charge is 0.389 e. The third kappa shape index (κ3) is 8.17. The Hall–Kier alpha value is -0.200. The van der Waals surface area contributed by atoms with E-state index in [-0.39, 0.29) is 12.2 Å². The summed E-state index contributed by atoms with van der Waals surface area (Å²) in [5.74, 6) is 0.626. The van der Waals surface area contributed by atoms with Gasteiger partial charge in [0.1, 0.15) is 0 Å². The maximum absolute atomic E-state index is 9.87. The molecule has 0 bridgehead atoms. The number of morpholine rings is 1. The fraction of sp³-hybridized carbons (Fsp3) is 1.00. The van der Waals surface area contributed by atoms with Crippen molar-refractivity contribution in [3.63, 3.8) is 0 Å². The first kappa shape index (κ1) is 17.9. The molecule has 120 valence electrons. The maximum Gasteiger partial charge on any atom is 0.0897 e. The van der Waals surface area contributed by atoms with Crippen LogP contribution >= 0.6 is 0 Å². The lowest BCUT2D eigenvalue weighted by Crippen LogP contribution is -2.46. The van der Waals surface area contributed by atoms with E-state index in [0.717, 1.165) is 32.7 Å². The van der Waals surface area contributed by atoms with Gasteiger partial charge in [-0.2, -0.15) is 0 Å². The molecule has 1 aliphatic heterocycles.